The first-order valence-electron chi connectivity index (χ1n) is 6.46. The Bertz CT molecular complexity index is 450. The molecular weight excluding hydrogens is 244 g/mol. The van der Waals surface area contributed by atoms with Gasteiger partial charge >= 0.3 is 0 Å². The van der Waals surface area contributed by atoms with Crippen molar-refractivity contribution in [3.8, 4) is 0 Å². The van der Waals surface area contributed by atoms with Crippen molar-refractivity contribution in [2.75, 3.05) is 19.0 Å². The van der Waals surface area contributed by atoms with Crippen LogP contribution in [-0.2, 0) is 9.47 Å². The molecule has 3 atom stereocenters. The van der Waals surface area contributed by atoms with E-state index >= 15 is 0 Å². The van der Waals surface area contributed by atoms with Gasteiger partial charge in [-0.3, -0.25) is 4.79 Å². The van der Waals surface area contributed by atoms with Crippen LogP contribution in [0.1, 0.15) is 23.7 Å². The molecule has 1 aliphatic rings. The van der Waals surface area contributed by atoms with E-state index in [0.29, 0.717) is 12.2 Å². The van der Waals surface area contributed by atoms with E-state index < -0.39 is 5.91 Å². The fraction of sp³-hybridized carbons (Fsp3) is 0.500. The number of benzene rings is 1. The molecule has 1 fully saturated rings. The molecule has 1 aromatic carbocycles. The van der Waals surface area contributed by atoms with E-state index in [1.165, 1.54) is 0 Å². The molecule has 0 heterocycles. The van der Waals surface area contributed by atoms with Gasteiger partial charge in [0.2, 0.25) is 5.91 Å². The number of hydrogen-bond acceptors (Lipinski definition) is 4. The zero-order valence-corrected chi connectivity index (χ0v) is 11.3. The standard InChI is InChI=1S/C14H20N2O3/c1-3-19-12-8-11(13(12)18-2)16-10-6-4-5-9(7-10)14(15)17/h4-7,11-13,16H,3,8H2,1-2H3,(H2,15,17). The van der Waals surface area contributed by atoms with E-state index in [4.69, 9.17) is 15.2 Å². The number of amides is 1. The fourth-order valence-corrected chi connectivity index (χ4v) is 2.39. The number of rotatable bonds is 6. The van der Waals surface area contributed by atoms with Crippen LogP contribution in [0.25, 0.3) is 0 Å². The zero-order chi connectivity index (χ0) is 13.8. The first kappa shape index (κ1) is 13.8. The first-order valence-corrected chi connectivity index (χ1v) is 6.46. The van der Waals surface area contributed by atoms with Gasteiger partial charge in [0.05, 0.1) is 12.1 Å². The molecule has 0 bridgehead atoms. The lowest BCUT2D eigenvalue weighted by Gasteiger charge is -2.43. The summed E-state index contributed by atoms with van der Waals surface area (Å²) in [6.45, 7) is 2.66. The van der Waals surface area contributed by atoms with Gasteiger partial charge in [-0.15, -0.1) is 0 Å². The first-order chi connectivity index (χ1) is 9.15. The van der Waals surface area contributed by atoms with Crippen molar-refractivity contribution in [1.82, 2.24) is 0 Å². The molecule has 1 amide bonds. The number of hydrogen-bond donors (Lipinski definition) is 2. The fourth-order valence-electron chi connectivity index (χ4n) is 2.39. The molecule has 3 unspecified atom stereocenters. The van der Waals surface area contributed by atoms with Crippen molar-refractivity contribution >= 4 is 11.6 Å². The second-order valence-electron chi connectivity index (χ2n) is 4.63. The van der Waals surface area contributed by atoms with Crippen LogP contribution in [0.4, 0.5) is 5.69 Å². The molecule has 5 nitrogen and oxygen atoms in total. The van der Waals surface area contributed by atoms with Crippen LogP contribution in [0.15, 0.2) is 24.3 Å². The molecule has 0 aliphatic heterocycles. The SMILES string of the molecule is CCOC1CC(Nc2cccc(C(N)=O)c2)C1OC. The highest BCUT2D eigenvalue weighted by Gasteiger charge is 2.42. The minimum atomic E-state index is -0.423. The van der Waals surface area contributed by atoms with Crippen molar-refractivity contribution in [1.29, 1.82) is 0 Å². The van der Waals surface area contributed by atoms with E-state index in [1.54, 1.807) is 19.2 Å². The van der Waals surface area contributed by atoms with Gasteiger partial charge in [0.25, 0.3) is 0 Å². The average molecular weight is 264 g/mol. The minimum absolute atomic E-state index is 0.0391. The molecule has 1 saturated carbocycles. The molecule has 19 heavy (non-hydrogen) atoms. The summed E-state index contributed by atoms with van der Waals surface area (Å²) >= 11 is 0. The van der Waals surface area contributed by atoms with Crippen molar-refractivity contribution in [2.45, 2.75) is 31.6 Å². The molecule has 104 valence electrons. The second kappa shape index (κ2) is 6.04. The Kier molecular flexibility index (Phi) is 4.39. The topological polar surface area (TPSA) is 73.6 Å². The Labute approximate surface area is 113 Å². The maximum atomic E-state index is 11.1. The van der Waals surface area contributed by atoms with E-state index in [-0.39, 0.29) is 18.2 Å². The summed E-state index contributed by atoms with van der Waals surface area (Å²) < 4.78 is 11.0. The predicted octanol–water partition coefficient (Wildman–Crippen LogP) is 1.39. The molecule has 0 radical (unpaired) electrons. The molecule has 5 heteroatoms. The molecule has 1 aromatic rings. The van der Waals surface area contributed by atoms with Gasteiger partial charge in [0, 0.05) is 25.0 Å². The van der Waals surface area contributed by atoms with Crippen LogP contribution < -0.4 is 11.1 Å². The van der Waals surface area contributed by atoms with E-state index in [9.17, 15) is 4.79 Å². The van der Waals surface area contributed by atoms with Gasteiger partial charge in [0.15, 0.2) is 0 Å². The Morgan fingerprint density at radius 2 is 2.32 bits per heavy atom. The predicted molar refractivity (Wildman–Crippen MR) is 73.2 cm³/mol. The van der Waals surface area contributed by atoms with Crippen LogP contribution in [0.3, 0.4) is 0 Å². The number of nitrogens with two attached hydrogens (primary N) is 1. The Morgan fingerprint density at radius 3 is 2.95 bits per heavy atom. The van der Waals surface area contributed by atoms with Gasteiger partial charge in [-0.2, -0.15) is 0 Å². The molecule has 0 saturated heterocycles. The van der Waals surface area contributed by atoms with Gasteiger partial charge in [-0.25, -0.2) is 0 Å². The summed E-state index contributed by atoms with van der Waals surface area (Å²) in [6, 6.07) is 7.37. The number of nitrogens with one attached hydrogen (secondary N) is 1. The number of methoxy groups -OCH3 is 1. The van der Waals surface area contributed by atoms with Crippen LogP contribution in [0.5, 0.6) is 0 Å². The van der Waals surface area contributed by atoms with Crippen LogP contribution in [0.2, 0.25) is 0 Å². The number of anilines is 1. The average Bonchev–Trinajstić information content (AvgIpc) is 2.38. The van der Waals surface area contributed by atoms with Crippen molar-refractivity contribution in [3.63, 3.8) is 0 Å². The zero-order valence-electron chi connectivity index (χ0n) is 11.3. The normalized spacial score (nSPS) is 25.7. The lowest BCUT2D eigenvalue weighted by Crippen LogP contribution is -2.56. The molecule has 1 aliphatic carbocycles. The number of primary amides is 1. The van der Waals surface area contributed by atoms with E-state index in [2.05, 4.69) is 5.32 Å². The molecule has 2 rings (SSSR count). The highest BCUT2D eigenvalue weighted by Crippen LogP contribution is 2.30. The summed E-state index contributed by atoms with van der Waals surface area (Å²) in [7, 11) is 1.68. The quantitative estimate of drug-likeness (QED) is 0.814. The minimum Gasteiger partial charge on any atom is -0.379 e. The lowest BCUT2D eigenvalue weighted by atomic mass is 9.85. The second-order valence-corrected chi connectivity index (χ2v) is 4.63. The van der Waals surface area contributed by atoms with E-state index in [0.717, 1.165) is 12.1 Å². The van der Waals surface area contributed by atoms with Gasteiger partial charge in [0.1, 0.15) is 6.10 Å². The van der Waals surface area contributed by atoms with Crippen LogP contribution >= 0.6 is 0 Å². The maximum absolute atomic E-state index is 11.1. The van der Waals surface area contributed by atoms with Crippen molar-refractivity contribution in [2.24, 2.45) is 5.73 Å². The molecule has 0 spiro atoms. The lowest BCUT2D eigenvalue weighted by molar-refractivity contribution is -0.118. The summed E-state index contributed by atoms with van der Waals surface area (Å²) in [5.41, 5.74) is 6.64. The Balaban J connectivity index is 1.98. The van der Waals surface area contributed by atoms with Gasteiger partial charge in [-0.1, -0.05) is 6.07 Å². The smallest absolute Gasteiger partial charge is 0.248 e. The number of carbonyl (C=O) groups is 1. The summed E-state index contributed by atoms with van der Waals surface area (Å²) in [5.74, 6) is -0.423. The molecular formula is C14H20N2O3. The van der Waals surface area contributed by atoms with Gasteiger partial charge < -0.3 is 20.5 Å². The third kappa shape index (κ3) is 3.05. The molecule has 3 N–H and O–H groups in total. The van der Waals surface area contributed by atoms with Gasteiger partial charge in [-0.05, 0) is 31.5 Å². The van der Waals surface area contributed by atoms with Crippen molar-refractivity contribution < 1.29 is 14.3 Å². The Morgan fingerprint density at radius 1 is 1.53 bits per heavy atom. The third-order valence-electron chi connectivity index (χ3n) is 3.40. The van der Waals surface area contributed by atoms with Crippen LogP contribution in [0, 0.1) is 0 Å². The highest BCUT2D eigenvalue weighted by molar-refractivity contribution is 5.93. The highest BCUT2D eigenvalue weighted by atomic mass is 16.5. The molecule has 0 aromatic heterocycles. The van der Waals surface area contributed by atoms with Crippen LogP contribution in [-0.4, -0.2) is 37.9 Å². The summed E-state index contributed by atoms with van der Waals surface area (Å²) in [4.78, 5) is 11.1. The Hall–Kier alpha value is -1.59. The maximum Gasteiger partial charge on any atom is 0.248 e. The third-order valence-corrected chi connectivity index (χ3v) is 3.40. The number of carbonyl (C=O) groups excluding carboxylic acids is 1. The van der Waals surface area contributed by atoms with E-state index in [1.807, 2.05) is 19.1 Å². The summed E-state index contributed by atoms with van der Waals surface area (Å²) in [5, 5.41) is 3.35. The monoisotopic (exact) mass is 264 g/mol. The summed E-state index contributed by atoms with van der Waals surface area (Å²) in [6.07, 6.45) is 1.08. The largest absolute Gasteiger partial charge is 0.379 e. The van der Waals surface area contributed by atoms with Crippen molar-refractivity contribution in [3.05, 3.63) is 29.8 Å². The number of ether oxygens (including phenoxy) is 2.